The normalized spacial score (nSPS) is 12.4. The van der Waals surface area contributed by atoms with E-state index in [2.05, 4.69) is 44.2 Å². The molecule has 124 valence electrons. The van der Waals surface area contributed by atoms with Crippen LogP contribution < -0.4 is 16.2 Å². The third kappa shape index (κ3) is 5.08. The molecule has 0 radical (unpaired) electrons. The summed E-state index contributed by atoms with van der Waals surface area (Å²) < 4.78 is 5.88. The van der Waals surface area contributed by atoms with Gasteiger partial charge in [0.05, 0.1) is 0 Å². The van der Waals surface area contributed by atoms with Gasteiger partial charge in [-0.05, 0) is 67.1 Å². The summed E-state index contributed by atoms with van der Waals surface area (Å²) >= 11 is 0. The second kappa shape index (κ2) is 8.70. The molecule has 0 saturated heterocycles. The maximum absolute atomic E-state index is 5.88. The zero-order chi connectivity index (χ0) is 16.7. The minimum Gasteiger partial charge on any atom is -0.489 e. The summed E-state index contributed by atoms with van der Waals surface area (Å²) in [6.07, 6.45) is 1.00. The van der Waals surface area contributed by atoms with E-state index in [1.807, 2.05) is 18.2 Å². The summed E-state index contributed by atoms with van der Waals surface area (Å²) in [5.74, 6) is 1.78. The fourth-order valence-electron chi connectivity index (χ4n) is 2.80. The average Bonchev–Trinajstić information content (AvgIpc) is 2.57. The second-order valence-electron chi connectivity index (χ2n) is 6.28. The summed E-state index contributed by atoms with van der Waals surface area (Å²) in [6, 6.07) is 16.5. The van der Waals surface area contributed by atoms with Gasteiger partial charge in [-0.1, -0.05) is 43.3 Å². The lowest BCUT2D eigenvalue weighted by Gasteiger charge is -2.22. The Labute approximate surface area is 139 Å². The zero-order valence-electron chi connectivity index (χ0n) is 14.2. The second-order valence-corrected chi connectivity index (χ2v) is 6.28. The lowest BCUT2D eigenvalue weighted by Crippen LogP contribution is -2.30. The molecule has 1 atom stereocenters. The number of hydrogen-bond acceptors (Lipinski definition) is 3. The molecule has 0 aliphatic rings. The van der Waals surface area contributed by atoms with Gasteiger partial charge in [0.2, 0.25) is 0 Å². The molecule has 0 aliphatic carbocycles. The molecule has 2 rings (SSSR count). The van der Waals surface area contributed by atoms with Crippen LogP contribution in [0.3, 0.4) is 0 Å². The SMILES string of the molecule is Cc1cc(OCc2ccccc2)ccc1CC(C)C(CN)CN. The molecule has 2 aromatic rings. The lowest BCUT2D eigenvalue weighted by molar-refractivity contribution is 0.305. The predicted octanol–water partition coefficient (Wildman–Crippen LogP) is 3.29. The van der Waals surface area contributed by atoms with E-state index in [9.17, 15) is 0 Å². The maximum atomic E-state index is 5.88. The summed E-state index contributed by atoms with van der Waals surface area (Å²) in [6.45, 7) is 6.25. The molecule has 1 unspecified atom stereocenters. The highest BCUT2D eigenvalue weighted by Crippen LogP contribution is 2.23. The molecule has 0 saturated carbocycles. The van der Waals surface area contributed by atoms with Crippen LogP contribution in [0.15, 0.2) is 48.5 Å². The number of ether oxygens (including phenoxy) is 1. The zero-order valence-corrected chi connectivity index (χ0v) is 14.2. The molecular weight excluding hydrogens is 284 g/mol. The van der Waals surface area contributed by atoms with Crippen molar-refractivity contribution in [3.05, 3.63) is 65.2 Å². The Hall–Kier alpha value is -1.84. The van der Waals surface area contributed by atoms with Crippen LogP contribution in [0, 0.1) is 18.8 Å². The number of nitrogens with two attached hydrogens (primary N) is 2. The van der Waals surface area contributed by atoms with E-state index >= 15 is 0 Å². The molecule has 0 amide bonds. The largest absolute Gasteiger partial charge is 0.489 e. The standard InChI is InChI=1S/C20H28N2O/c1-15(19(12-21)13-22)10-18-8-9-20(11-16(18)2)23-14-17-6-4-3-5-7-17/h3-9,11,15,19H,10,12-14,21-22H2,1-2H3. The van der Waals surface area contributed by atoms with E-state index in [0.717, 1.165) is 12.2 Å². The van der Waals surface area contributed by atoms with Crippen LogP contribution in [0.5, 0.6) is 5.75 Å². The van der Waals surface area contributed by atoms with Gasteiger partial charge in [-0.3, -0.25) is 0 Å². The van der Waals surface area contributed by atoms with E-state index in [1.165, 1.54) is 16.7 Å². The molecule has 0 aromatic heterocycles. The van der Waals surface area contributed by atoms with E-state index in [1.54, 1.807) is 0 Å². The van der Waals surface area contributed by atoms with Crippen molar-refractivity contribution in [2.75, 3.05) is 13.1 Å². The van der Waals surface area contributed by atoms with Crippen LogP contribution in [-0.4, -0.2) is 13.1 Å². The molecule has 3 heteroatoms. The van der Waals surface area contributed by atoms with Gasteiger partial charge in [0.15, 0.2) is 0 Å². The van der Waals surface area contributed by atoms with Gasteiger partial charge in [0, 0.05) is 0 Å². The quantitative estimate of drug-likeness (QED) is 0.786. The lowest BCUT2D eigenvalue weighted by atomic mass is 9.87. The first-order chi connectivity index (χ1) is 11.1. The number of benzene rings is 2. The highest BCUT2D eigenvalue weighted by Gasteiger charge is 2.15. The van der Waals surface area contributed by atoms with Gasteiger partial charge in [0.25, 0.3) is 0 Å². The topological polar surface area (TPSA) is 61.3 Å². The average molecular weight is 312 g/mol. The monoisotopic (exact) mass is 312 g/mol. The molecular formula is C20H28N2O. The molecule has 0 fully saturated rings. The van der Waals surface area contributed by atoms with Gasteiger partial charge < -0.3 is 16.2 Å². The number of hydrogen-bond donors (Lipinski definition) is 2. The summed E-state index contributed by atoms with van der Waals surface area (Å²) in [5, 5.41) is 0. The van der Waals surface area contributed by atoms with Gasteiger partial charge in [-0.25, -0.2) is 0 Å². The molecule has 0 bridgehead atoms. The number of rotatable bonds is 8. The van der Waals surface area contributed by atoms with Crippen molar-refractivity contribution in [3.63, 3.8) is 0 Å². The fraction of sp³-hybridized carbons (Fsp3) is 0.400. The fourth-order valence-corrected chi connectivity index (χ4v) is 2.80. The van der Waals surface area contributed by atoms with Crippen molar-refractivity contribution >= 4 is 0 Å². The Balaban J connectivity index is 1.97. The summed E-state index contributed by atoms with van der Waals surface area (Å²) in [4.78, 5) is 0. The van der Waals surface area contributed by atoms with Crippen LogP contribution in [0.4, 0.5) is 0 Å². The van der Waals surface area contributed by atoms with E-state index < -0.39 is 0 Å². The van der Waals surface area contributed by atoms with Crippen LogP contribution >= 0.6 is 0 Å². The first-order valence-electron chi connectivity index (χ1n) is 8.30. The molecule has 23 heavy (non-hydrogen) atoms. The van der Waals surface area contributed by atoms with Crippen LogP contribution in [-0.2, 0) is 13.0 Å². The third-order valence-electron chi connectivity index (χ3n) is 4.51. The van der Waals surface area contributed by atoms with Crippen LogP contribution in [0.25, 0.3) is 0 Å². The van der Waals surface area contributed by atoms with E-state index in [0.29, 0.717) is 31.5 Å². The maximum Gasteiger partial charge on any atom is 0.120 e. The minimum atomic E-state index is 0.378. The minimum absolute atomic E-state index is 0.378. The van der Waals surface area contributed by atoms with Gasteiger partial charge >= 0.3 is 0 Å². The van der Waals surface area contributed by atoms with Crippen molar-refractivity contribution in [1.29, 1.82) is 0 Å². The Bertz CT molecular complexity index is 594. The van der Waals surface area contributed by atoms with Crippen molar-refractivity contribution in [3.8, 4) is 5.75 Å². The number of aryl methyl sites for hydroxylation is 1. The molecule has 0 spiro atoms. The van der Waals surface area contributed by atoms with Gasteiger partial charge in [-0.2, -0.15) is 0 Å². The Morgan fingerprint density at radius 1 is 1.00 bits per heavy atom. The molecule has 0 aliphatic heterocycles. The van der Waals surface area contributed by atoms with Crippen molar-refractivity contribution < 1.29 is 4.74 Å². The molecule has 0 heterocycles. The van der Waals surface area contributed by atoms with Gasteiger partial charge in [0.1, 0.15) is 12.4 Å². The summed E-state index contributed by atoms with van der Waals surface area (Å²) in [7, 11) is 0. The van der Waals surface area contributed by atoms with E-state index in [-0.39, 0.29) is 0 Å². The Morgan fingerprint density at radius 3 is 2.30 bits per heavy atom. The van der Waals surface area contributed by atoms with Crippen LogP contribution in [0.2, 0.25) is 0 Å². The van der Waals surface area contributed by atoms with Crippen LogP contribution in [0.1, 0.15) is 23.6 Å². The molecule has 2 aromatic carbocycles. The first-order valence-corrected chi connectivity index (χ1v) is 8.30. The smallest absolute Gasteiger partial charge is 0.120 e. The van der Waals surface area contributed by atoms with Crippen molar-refractivity contribution in [1.82, 2.24) is 0 Å². The van der Waals surface area contributed by atoms with E-state index in [4.69, 9.17) is 16.2 Å². The molecule has 4 N–H and O–H groups in total. The van der Waals surface area contributed by atoms with Gasteiger partial charge in [-0.15, -0.1) is 0 Å². The van der Waals surface area contributed by atoms with Crippen molar-refractivity contribution in [2.45, 2.75) is 26.9 Å². The Morgan fingerprint density at radius 2 is 1.70 bits per heavy atom. The summed E-state index contributed by atoms with van der Waals surface area (Å²) in [5.41, 5.74) is 15.4. The van der Waals surface area contributed by atoms with Crippen molar-refractivity contribution in [2.24, 2.45) is 23.3 Å². The Kier molecular flexibility index (Phi) is 6.63. The third-order valence-corrected chi connectivity index (χ3v) is 4.51. The highest BCUT2D eigenvalue weighted by molar-refractivity contribution is 5.35. The first kappa shape index (κ1) is 17.5. The highest BCUT2D eigenvalue weighted by atomic mass is 16.5. The molecule has 3 nitrogen and oxygen atoms in total. The predicted molar refractivity (Wildman–Crippen MR) is 96.4 cm³/mol.